The molecule has 0 aliphatic heterocycles. The summed E-state index contributed by atoms with van der Waals surface area (Å²) in [6.45, 7) is 5.10. The SMILES string of the molecule is CC(=N)C(=O)C(C)C. The van der Waals surface area contributed by atoms with Crippen LogP contribution in [-0.2, 0) is 4.79 Å². The zero-order valence-corrected chi connectivity index (χ0v) is 5.49. The zero-order chi connectivity index (χ0) is 6.73. The molecule has 0 atom stereocenters. The molecule has 2 heteroatoms. The Balaban J connectivity index is 3.84. The summed E-state index contributed by atoms with van der Waals surface area (Å²) in [4.78, 5) is 10.6. The van der Waals surface area contributed by atoms with Crippen LogP contribution < -0.4 is 0 Å². The molecule has 0 aromatic heterocycles. The first kappa shape index (κ1) is 7.34. The third-order valence-electron chi connectivity index (χ3n) is 0.894. The van der Waals surface area contributed by atoms with Gasteiger partial charge in [-0.05, 0) is 6.92 Å². The summed E-state index contributed by atoms with van der Waals surface area (Å²) in [5.74, 6) is -0.0856. The van der Waals surface area contributed by atoms with Gasteiger partial charge in [-0.2, -0.15) is 0 Å². The van der Waals surface area contributed by atoms with Crippen LogP contribution in [0.1, 0.15) is 20.8 Å². The molecule has 1 N–H and O–H groups in total. The van der Waals surface area contributed by atoms with E-state index in [1.54, 1.807) is 13.8 Å². The fourth-order valence-corrected chi connectivity index (χ4v) is 0.433. The van der Waals surface area contributed by atoms with E-state index in [9.17, 15) is 4.79 Å². The van der Waals surface area contributed by atoms with E-state index in [1.807, 2.05) is 0 Å². The number of rotatable bonds is 2. The van der Waals surface area contributed by atoms with Crippen LogP contribution >= 0.6 is 0 Å². The third-order valence-corrected chi connectivity index (χ3v) is 0.894. The summed E-state index contributed by atoms with van der Waals surface area (Å²) in [6, 6.07) is 0. The maximum atomic E-state index is 10.6. The van der Waals surface area contributed by atoms with Gasteiger partial charge in [0.2, 0.25) is 0 Å². The fourth-order valence-electron chi connectivity index (χ4n) is 0.433. The van der Waals surface area contributed by atoms with Gasteiger partial charge in [0.1, 0.15) is 0 Å². The zero-order valence-electron chi connectivity index (χ0n) is 5.49. The molecule has 0 rings (SSSR count). The highest BCUT2D eigenvalue weighted by atomic mass is 16.1. The molecular weight excluding hydrogens is 102 g/mol. The van der Waals surface area contributed by atoms with Gasteiger partial charge in [0.15, 0.2) is 5.78 Å². The molecule has 0 aliphatic carbocycles. The van der Waals surface area contributed by atoms with E-state index in [1.165, 1.54) is 6.92 Å². The minimum atomic E-state index is -0.0648. The van der Waals surface area contributed by atoms with Gasteiger partial charge < -0.3 is 5.41 Å². The van der Waals surface area contributed by atoms with E-state index in [0.29, 0.717) is 0 Å². The maximum Gasteiger partial charge on any atom is 0.178 e. The quantitative estimate of drug-likeness (QED) is 0.538. The molecular formula is C6H11NO. The first-order valence-electron chi connectivity index (χ1n) is 2.65. The highest BCUT2D eigenvalue weighted by Gasteiger charge is 2.07. The molecule has 0 spiro atoms. The van der Waals surface area contributed by atoms with Gasteiger partial charge in [0.05, 0.1) is 5.71 Å². The summed E-state index contributed by atoms with van der Waals surface area (Å²) in [5.41, 5.74) is 0.153. The van der Waals surface area contributed by atoms with Gasteiger partial charge >= 0.3 is 0 Å². The highest BCUT2D eigenvalue weighted by Crippen LogP contribution is 1.93. The first-order chi connectivity index (χ1) is 3.55. The summed E-state index contributed by atoms with van der Waals surface area (Å²) in [5, 5.41) is 6.88. The predicted molar refractivity (Wildman–Crippen MR) is 33.2 cm³/mol. The molecule has 2 nitrogen and oxygen atoms in total. The van der Waals surface area contributed by atoms with Crippen molar-refractivity contribution >= 4 is 11.5 Å². The van der Waals surface area contributed by atoms with E-state index in [4.69, 9.17) is 5.41 Å². The topological polar surface area (TPSA) is 40.9 Å². The van der Waals surface area contributed by atoms with E-state index in [-0.39, 0.29) is 17.4 Å². The second-order valence-electron chi connectivity index (χ2n) is 2.14. The summed E-state index contributed by atoms with van der Waals surface area (Å²) < 4.78 is 0. The Kier molecular flexibility index (Phi) is 2.38. The van der Waals surface area contributed by atoms with Crippen molar-refractivity contribution < 1.29 is 4.79 Å². The van der Waals surface area contributed by atoms with Crippen LogP contribution in [0.5, 0.6) is 0 Å². The van der Waals surface area contributed by atoms with Crippen LogP contribution in [0.15, 0.2) is 0 Å². The van der Waals surface area contributed by atoms with Crippen LogP contribution in [0.2, 0.25) is 0 Å². The van der Waals surface area contributed by atoms with Crippen molar-refractivity contribution in [2.45, 2.75) is 20.8 Å². The van der Waals surface area contributed by atoms with Crippen molar-refractivity contribution in [2.24, 2.45) is 5.92 Å². The lowest BCUT2D eigenvalue weighted by atomic mass is 10.1. The van der Waals surface area contributed by atoms with Crippen molar-refractivity contribution in [3.8, 4) is 0 Å². The Morgan fingerprint density at radius 2 is 1.88 bits per heavy atom. The Hall–Kier alpha value is -0.660. The lowest BCUT2D eigenvalue weighted by Crippen LogP contribution is -2.14. The predicted octanol–water partition coefficient (Wildman–Crippen LogP) is 1.25. The molecule has 0 bridgehead atoms. The third kappa shape index (κ3) is 1.87. The maximum absolute atomic E-state index is 10.6. The number of nitrogens with one attached hydrogen (secondary N) is 1. The van der Waals surface area contributed by atoms with Crippen LogP contribution in [0.4, 0.5) is 0 Å². The highest BCUT2D eigenvalue weighted by molar-refractivity contribution is 6.38. The smallest absolute Gasteiger partial charge is 0.178 e. The molecule has 0 aromatic rings. The van der Waals surface area contributed by atoms with Crippen LogP contribution in [0.25, 0.3) is 0 Å². The van der Waals surface area contributed by atoms with Crippen molar-refractivity contribution in [1.82, 2.24) is 0 Å². The van der Waals surface area contributed by atoms with E-state index in [0.717, 1.165) is 0 Å². The van der Waals surface area contributed by atoms with Crippen molar-refractivity contribution in [3.63, 3.8) is 0 Å². The second-order valence-corrected chi connectivity index (χ2v) is 2.14. The fraction of sp³-hybridized carbons (Fsp3) is 0.667. The van der Waals surface area contributed by atoms with Gasteiger partial charge in [0.25, 0.3) is 0 Å². The summed E-state index contributed by atoms with van der Waals surface area (Å²) >= 11 is 0. The molecule has 0 unspecified atom stereocenters. The number of hydrogen-bond donors (Lipinski definition) is 1. The van der Waals surface area contributed by atoms with Gasteiger partial charge in [-0.25, -0.2) is 0 Å². The summed E-state index contributed by atoms with van der Waals surface area (Å²) in [6.07, 6.45) is 0. The first-order valence-corrected chi connectivity index (χ1v) is 2.65. The van der Waals surface area contributed by atoms with Crippen LogP contribution in [0.3, 0.4) is 0 Å². The molecule has 0 amide bonds. The molecule has 0 fully saturated rings. The number of ketones is 1. The van der Waals surface area contributed by atoms with Crippen molar-refractivity contribution in [2.75, 3.05) is 0 Å². The minimum absolute atomic E-state index is 0.0208. The largest absolute Gasteiger partial charge is 0.302 e. The van der Waals surface area contributed by atoms with Crippen LogP contribution in [0, 0.1) is 11.3 Å². The Labute approximate surface area is 49.4 Å². The lowest BCUT2D eigenvalue weighted by Gasteiger charge is -1.97. The standard InChI is InChI=1S/C6H11NO/c1-4(2)6(8)5(3)7/h4,7H,1-3H3. The molecule has 0 saturated heterocycles. The molecule has 0 aromatic carbocycles. The normalized spacial score (nSPS) is 9.50. The Morgan fingerprint density at radius 3 is 1.88 bits per heavy atom. The van der Waals surface area contributed by atoms with Gasteiger partial charge in [-0.15, -0.1) is 0 Å². The van der Waals surface area contributed by atoms with Gasteiger partial charge in [-0.3, -0.25) is 4.79 Å². The van der Waals surface area contributed by atoms with Crippen molar-refractivity contribution in [3.05, 3.63) is 0 Å². The Bertz CT molecular complexity index is 116. The molecule has 0 radical (unpaired) electrons. The average molecular weight is 113 g/mol. The average Bonchev–Trinajstić information content (AvgIpc) is 1.64. The van der Waals surface area contributed by atoms with Crippen molar-refractivity contribution in [1.29, 1.82) is 5.41 Å². The van der Waals surface area contributed by atoms with E-state index < -0.39 is 0 Å². The minimum Gasteiger partial charge on any atom is -0.302 e. The monoisotopic (exact) mass is 113 g/mol. The van der Waals surface area contributed by atoms with Gasteiger partial charge in [0, 0.05) is 5.92 Å². The second kappa shape index (κ2) is 2.60. The molecule has 0 aliphatic rings. The molecule has 0 saturated carbocycles. The molecule has 8 heavy (non-hydrogen) atoms. The van der Waals surface area contributed by atoms with E-state index in [2.05, 4.69) is 0 Å². The number of carbonyl (C=O) groups is 1. The summed E-state index contributed by atoms with van der Waals surface area (Å²) in [7, 11) is 0. The van der Waals surface area contributed by atoms with Gasteiger partial charge in [-0.1, -0.05) is 13.8 Å². The molecule has 46 valence electrons. The number of carbonyl (C=O) groups excluding carboxylic acids is 1. The van der Waals surface area contributed by atoms with E-state index >= 15 is 0 Å². The Morgan fingerprint density at radius 1 is 1.50 bits per heavy atom. The number of hydrogen-bond acceptors (Lipinski definition) is 2. The van der Waals surface area contributed by atoms with Crippen LogP contribution in [-0.4, -0.2) is 11.5 Å². The lowest BCUT2D eigenvalue weighted by molar-refractivity contribution is -0.115. The number of Topliss-reactive ketones (excluding diaryl/α,β-unsaturated/α-hetero) is 1. The molecule has 0 heterocycles.